The highest BCUT2D eigenvalue weighted by Gasteiger charge is 2.15. The Kier molecular flexibility index (Phi) is 4.39. The lowest BCUT2D eigenvalue weighted by Crippen LogP contribution is -2.18. The second-order valence-electron chi connectivity index (χ2n) is 4.17. The molecule has 0 saturated carbocycles. The van der Waals surface area contributed by atoms with Gasteiger partial charge in [-0.2, -0.15) is 0 Å². The fourth-order valence-corrected chi connectivity index (χ4v) is 2.10. The van der Waals surface area contributed by atoms with E-state index in [2.05, 4.69) is 17.2 Å². The van der Waals surface area contributed by atoms with Crippen LogP contribution in [0.2, 0.25) is 5.02 Å². The van der Waals surface area contributed by atoms with Gasteiger partial charge in [0.05, 0.1) is 11.1 Å². The molecule has 3 nitrogen and oxygen atoms in total. The van der Waals surface area contributed by atoms with Crippen molar-refractivity contribution < 1.29 is 4.42 Å². The number of hydrogen-bond donors (Lipinski definition) is 1. The normalized spacial score (nSPS) is 12.6. The summed E-state index contributed by atoms with van der Waals surface area (Å²) in [5.74, 6) is 1.95. The van der Waals surface area contributed by atoms with Crippen molar-refractivity contribution >= 4 is 11.6 Å². The van der Waals surface area contributed by atoms with Crippen molar-refractivity contribution in [1.29, 1.82) is 0 Å². The van der Waals surface area contributed by atoms with E-state index in [4.69, 9.17) is 16.0 Å². The van der Waals surface area contributed by atoms with Gasteiger partial charge in [-0.1, -0.05) is 18.5 Å². The molecule has 0 aromatic carbocycles. The molecule has 2 heterocycles. The van der Waals surface area contributed by atoms with Crippen LogP contribution in [0, 0.1) is 0 Å². The summed E-state index contributed by atoms with van der Waals surface area (Å²) in [6.45, 7) is 2.08. The van der Waals surface area contributed by atoms with E-state index in [0.717, 1.165) is 29.9 Å². The van der Waals surface area contributed by atoms with Crippen LogP contribution in [-0.2, 0) is 12.8 Å². The third-order valence-corrected chi connectivity index (χ3v) is 3.34. The topological polar surface area (TPSA) is 38.1 Å². The summed E-state index contributed by atoms with van der Waals surface area (Å²) in [6, 6.07) is 6.12. The quantitative estimate of drug-likeness (QED) is 0.900. The zero-order valence-electron chi connectivity index (χ0n) is 10.6. The summed E-state index contributed by atoms with van der Waals surface area (Å²) in [6.07, 6.45) is 5.12. The first kappa shape index (κ1) is 13.1. The van der Waals surface area contributed by atoms with Gasteiger partial charge in [-0.15, -0.1) is 0 Å². The van der Waals surface area contributed by atoms with E-state index in [1.807, 2.05) is 25.2 Å². The van der Waals surface area contributed by atoms with Crippen LogP contribution in [0.3, 0.4) is 0 Å². The largest absolute Gasteiger partial charge is 0.464 e. The smallest absolute Gasteiger partial charge is 0.121 e. The van der Waals surface area contributed by atoms with E-state index >= 15 is 0 Å². The van der Waals surface area contributed by atoms with Gasteiger partial charge in [0.2, 0.25) is 0 Å². The molecule has 1 atom stereocenters. The standard InChI is InChI=1S/C14H17ClN2O/c1-3-11-4-5-14(18-11)13(16-2)8-10-6-7-17-9-12(10)15/h4-7,9,13,16H,3,8H2,1-2H3. The highest BCUT2D eigenvalue weighted by Crippen LogP contribution is 2.24. The van der Waals surface area contributed by atoms with Crippen molar-refractivity contribution in [2.24, 2.45) is 0 Å². The molecule has 2 aromatic rings. The molecule has 2 rings (SSSR count). The van der Waals surface area contributed by atoms with Crippen LogP contribution in [0.25, 0.3) is 0 Å². The minimum atomic E-state index is 0.130. The van der Waals surface area contributed by atoms with E-state index in [-0.39, 0.29) is 6.04 Å². The van der Waals surface area contributed by atoms with Crippen LogP contribution in [0.15, 0.2) is 35.0 Å². The molecule has 0 bridgehead atoms. The highest BCUT2D eigenvalue weighted by molar-refractivity contribution is 6.31. The van der Waals surface area contributed by atoms with Crippen molar-refractivity contribution in [3.05, 3.63) is 52.7 Å². The van der Waals surface area contributed by atoms with Crippen molar-refractivity contribution in [2.75, 3.05) is 7.05 Å². The lowest BCUT2D eigenvalue weighted by molar-refractivity contribution is 0.407. The van der Waals surface area contributed by atoms with Crippen LogP contribution < -0.4 is 5.32 Å². The lowest BCUT2D eigenvalue weighted by Gasteiger charge is -2.14. The van der Waals surface area contributed by atoms with Gasteiger partial charge in [-0.25, -0.2) is 0 Å². The maximum absolute atomic E-state index is 6.12. The highest BCUT2D eigenvalue weighted by atomic mass is 35.5. The Labute approximate surface area is 112 Å². The maximum atomic E-state index is 6.12. The van der Waals surface area contributed by atoms with E-state index in [9.17, 15) is 0 Å². The molecule has 0 saturated heterocycles. The van der Waals surface area contributed by atoms with E-state index in [1.165, 1.54) is 0 Å². The Hall–Kier alpha value is -1.32. The summed E-state index contributed by atoms with van der Waals surface area (Å²) in [7, 11) is 1.92. The summed E-state index contributed by atoms with van der Waals surface area (Å²) >= 11 is 6.12. The van der Waals surface area contributed by atoms with Gasteiger partial charge in [-0.3, -0.25) is 4.98 Å². The molecule has 2 aromatic heterocycles. The van der Waals surface area contributed by atoms with Gasteiger partial charge in [0.1, 0.15) is 11.5 Å². The summed E-state index contributed by atoms with van der Waals surface area (Å²) < 4.78 is 5.78. The predicted octanol–water partition coefficient (Wildman–Crippen LogP) is 3.39. The van der Waals surface area contributed by atoms with Crippen molar-refractivity contribution in [1.82, 2.24) is 10.3 Å². The number of hydrogen-bond acceptors (Lipinski definition) is 3. The Balaban J connectivity index is 2.17. The van der Waals surface area contributed by atoms with Crippen LogP contribution in [0.4, 0.5) is 0 Å². The average Bonchev–Trinajstić information content (AvgIpc) is 2.86. The molecule has 0 fully saturated rings. The zero-order chi connectivity index (χ0) is 13.0. The van der Waals surface area contributed by atoms with Gasteiger partial charge in [-0.05, 0) is 37.2 Å². The summed E-state index contributed by atoms with van der Waals surface area (Å²) in [5, 5.41) is 3.95. The van der Waals surface area contributed by atoms with Crippen LogP contribution in [-0.4, -0.2) is 12.0 Å². The molecule has 96 valence electrons. The van der Waals surface area contributed by atoms with Crippen molar-refractivity contribution in [3.8, 4) is 0 Å². The molecule has 4 heteroatoms. The zero-order valence-corrected chi connectivity index (χ0v) is 11.4. The van der Waals surface area contributed by atoms with Crippen LogP contribution >= 0.6 is 11.6 Å². The first-order valence-corrected chi connectivity index (χ1v) is 6.46. The van der Waals surface area contributed by atoms with Gasteiger partial charge in [0.15, 0.2) is 0 Å². The first-order chi connectivity index (χ1) is 8.74. The number of aromatic nitrogens is 1. The number of aryl methyl sites for hydroxylation is 1. The molecule has 0 aliphatic heterocycles. The molecule has 0 spiro atoms. The van der Waals surface area contributed by atoms with Gasteiger partial charge >= 0.3 is 0 Å². The second kappa shape index (κ2) is 6.03. The molecule has 0 aliphatic rings. The Morgan fingerprint density at radius 2 is 2.22 bits per heavy atom. The molecule has 0 aliphatic carbocycles. The Bertz CT molecular complexity index is 510. The maximum Gasteiger partial charge on any atom is 0.121 e. The lowest BCUT2D eigenvalue weighted by atomic mass is 10.1. The van der Waals surface area contributed by atoms with Crippen molar-refractivity contribution in [3.63, 3.8) is 0 Å². The van der Waals surface area contributed by atoms with Gasteiger partial charge in [0.25, 0.3) is 0 Å². The minimum Gasteiger partial charge on any atom is -0.464 e. The minimum absolute atomic E-state index is 0.130. The summed E-state index contributed by atoms with van der Waals surface area (Å²) in [4.78, 5) is 3.99. The number of likely N-dealkylation sites (N-methyl/N-ethyl adjacent to an activating group) is 1. The molecule has 18 heavy (non-hydrogen) atoms. The van der Waals surface area contributed by atoms with Crippen molar-refractivity contribution in [2.45, 2.75) is 25.8 Å². The van der Waals surface area contributed by atoms with Gasteiger partial charge in [0, 0.05) is 18.8 Å². The predicted molar refractivity (Wildman–Crippen MR) is 72.8 cm³/mol. The van der Waals surface area contributed by atoms with E-state index in [0.29, 0.717) is 5.02 Å². The SMILES string of the molecule is CCc1ccc(C(Cc2ccncc2Cl)NC)o1. The second-order valence-corrected chi connectivity index (χ2v) is 4.58. The van der Waals surface area contributed by atoms with Crippen LogP contribution in [0.1, 0.15) is 30.0 Å². The number of rotatable bonds is 5. The van der Waals surface area contributed by atoms with E-state index in [1.54, 1.807) is 12.4 Å². The fourth-order valence-electron chi connectivity index (χ4n) is 1.91. The Morgan fingerprint density at radius 1 is 1.39 bits per heavy atom. The first-order valence-electron chi connectivity index (χ1n) is 6.08. The van der Waals surface area contributed by atoms with Gasteiger partial charge < -0.3 is 9.73 Å². The number of nitrogens with one attached hydrogen (secondary N) is 1. The number of furan rings is 1. The molecule has 1 unspecified atom stereocenters. The fraction of sp³-hybridized carbons (Fsp3) is 0.357. The number of halogens is 1. The average molecular weight is 265 g/mol. The van der Waals surface area contributed by atoms with E-state index < -0.39 is 0 Å². The molecule has 1 N–H and O–H groups in total. The monoisotopic (exact) mass is 264 g/mol. The molecular weight excluding hydrogens is 248 g/mol. The number of nitrogens with zero attached hydrogens (tertiary/aromatic N) is 1. The molecule has 0 radical (unpaired) electrons. The molecule has 0 amide bonds. The third-order valence-electron chi connectivity index (χ3n) is 3.00. The third kappa shape index (κ3) is 2.92. The Morgan fingerprint density at radius 3 is 2.83 bits per heavy atom. The van der Waals surface area contributed by atoms with Crippen LogP contribution in [0.5, 0.6) is 0 Å². The summed E-state index contributed by atoms with van der Waals surface area (Å²) in [5.41, 5.74) is 1.07. The molecular formula is C14H17ClN2O. The number of pyridine rings is 1.